The van der Waals surface area contributed by atoms with Gasteiger partial charge in [-0.25, -0.2) is 8.42 Å². The molecule has 0 unspecified atom stereocenters. The Labute approximate surface area is 126 Å². The number of hydrogen-bond acceptors (Lipinski definition) is 4. The fraction of sp³-hybridized carbons (Fsp3) is 0.533. The van der Waals surface area contributed by atoms with Gasteiger partial charge >= 0.3 is 0 Å². The first-order valence-electron chi connectivity index (χ1n) is 7.23. The molecule has 2 N–H and O–H groups in total. The second-order valence-corrected chi connectivity index (χ2v) is 8.10. The molecule has 1 aliphatic heterocycles. The normalized spacial score (nSPS) is 18.4. The van der Waals surface area contributed by atoms with Gasteiger partial charge in [0.2, 0.25) is 5.91 Å². The first-order chi connectivity index (χ1) is 9.85. The summed E-state index contributed by atoms with van der Waals surface area (Å²) in [6.07, 6.45) is 1.26. The fourth-order valence-electron chi connectivity index (χ4n) is 2.24. The molecule has 1 aromatic carbocycles. The molecule has 1 heterocycles. The second kappa shape index (κ2) is 6.47. The van der Waals surface area contributed by atoms with Crippen LogP contribution in [0.3, 0.4) is 0 Å². The molecule has 1 fully saturated rings. The van der Waals surface area contributed by atoms with Gasteiger partial charge in [0.1, 0.15) is 9.84 Å². The molecule has 1 saturated heterocycles. The molecule has 0 saturated carbocycles. The first-order valence-corrected chi connectivity index (χ1v) is 9.06. The summed E-state index contributed by atoms with van der Waals surface area (Å²) in [5, 5.41) is 6.20. The van der Waals surface area contributed by atoms with Crippen molar-refractivity contribution >= 4 is 27.1 Å². The second-order valence-electron chi connectivity index (χ2n) is 5.80. The van der Waals surface area contributed by atoms with Crippen LogP contribution in [0, 0.1) is 5.92 Å². The van der Waals surface area contributed by atoms with E-state index in [-0.39, 0.29) is 29.4 Å². The lowest BCUT2D eigenvalue weighted by atomic mass is 10.1. The van der Waals surface area contributed by atoms with Gasteiger partial charge in [0.25, 0.3) is 0 Å². The molecule has 0 bridgehead atoms. The van der Waals surface area contributed by atoms with Crippen LogP contribution in [0.5, 0.6) is 0 Å². The van der Waals surface area contributed by atoms with E-state index in [1.807, 2.05) is 38.1 Å². The third-order valence-corrected chi connectivity index (χ3v) is 5.30. The van der Waals surface area contributed by atoms with Gasteiger partial charge in [0, 0.05) is 23.3 Å². The van der Waals surface area contributed by atoms with Crippen molar-refractivity contribution in [3.63, 3.8) is 0 Å². The first kappa shape index (κ1) is 15.8. The van der Waals surface area contributed by atoms with E-state index in [4.69, 9.17) is 0 Å². The average molecular weight is 310 g/mol. The molecule has 1 aromatic rings. The number of nitrogens with one attached hydrogen (secondary N) is 2. The monoisotopic (exact) mass is 310 g/mol. The highest BCUT2D eigenvalue weighted by atomic mass is 32.2. The lowest BCUT2D eigenvalue weighted by molar-refractivity contribution is -0.118. The van der Waals surface area contributed by atoms with Crippen molar-refractivity contribution in [2.45, 2.75) is 32.7 Å². The smallest absolute Gasteiger partial charge is 0.226 e. The number of anilines is 2. The van der Waals surface area contributed by atoms with Crippen LogP contribution in [0.2, 0.25) is 0 Å². The molecule has 5 nitrogen and oxygen atoms in total. The van der Waals surface area contributed by atoms with Crippen molar-refractivity contribution in [2.24, 2.45) is 5.92 Å². The van der Waals surface area contributed by atoms with E-state index >= 15 is 0 Å². The van der Waals surface area contributed by atoms with Crippen LogP contribution in [0.25, 0.3) is 0 Å². The zero-order valence-corrected chi connectivity index (χ0v) is 13.2. The van der Waals surface area contributed by atoms with Gasteiger partial charge in [-0.2, -0.15) is 0 Å². The lowest BCUT2D eigenvalue weighted by Gasteiger charge is -2.24. The molecule has 1 aliphatic rings. The van der Waals surface area contributed by atoms with Gasteiger partial charge in [-0.1, -0.05) is 19.9 Å². The van der Waals surface area contributed by atoms with Gasteiger partial charge in [-0.3, -0.25) is 4.79 Å². The Hall–Kier alpha value is -1.56. The SMILES string of the molecule is CC(C)C(=O)Nc1cccc(NC2CCS(=O)(=O)CC2)c1. The topological polar surface area (TPSA) is 75.3 Å². The third-order valence-electron chi connectivity index (χ3n) is 3.58. The number of rotatable bonds is 4. The van der Waals surface area contributed by atoms with Crippen LogP contribution in [0.15, 0.2) is 24.3 Å². The van der Waals surface area contributed by atoms with Crippen LogP contribution in [-0.4, -0.2) is 31.9 Å². The molecule has 1 amide bonds. The minimum Gasteiger partial charge on any atom is -0.382 e. The van der Waals surface area contributed by atoms with E-state index in [1.165, 1.54) is 0 Å². The molecule has 21 heavy (non-hydrogen) atoms. The maximum absolute atomic E-state index is 11.7. The molecular weight excluding hydrogens is 288 g/mol. The Balaban J connectivity index is 1.97. The van der Waals surface area contributed by atoms with Crippen molar-refractivity contribution in [1.82, 2.24) is 0 Å². The van der Waals surface area contributed by atoms with Gasteiger partial charge in [0.15, 0.2) is 0 Å². The summed E-state index contributed by atoms with van der Waals surface area (Å²) in [6, 6.07) is 7.69. The molecule has 2 rings (SSSR count). The minimum atomic E-state index is -2.84. The van der Waals surface area contributed by atoms with Gasteiger partial charge < -0.3 is 10.6 Å². The molecule has 6 heteroatoms. The summed E-state index contributed by atoms with van der Waals surface area (Å²) < 4.78 is 22.8. The van der Waals surface area contributed by atoms with Gasteiger partial charge in [-0.15, -0.1) is 0 Å². The minimum absolute atomic E-state index is 0.0177. The average Bonchev–Trinajstić information content (AvgIpc) is 2.41. The molecule has 0 spiro atoms. The Kier molecular flexibility index (Phi) is 4.88. The number of hydrogen-bond donors (Lipinski definition) is 2. The van der Waals surface area contributed by atoms with E-state index in [0.29, 0.717) is 12.8 Å². The molecule has 0 aliphatic carbocycles. The maximum atomic E-state index is 11.7. The van der Waals surface area contributed by atoms with Crippen LogP contribution >= 0.6 is 0 Å². The summed E-state index contributed by atoms with van der Waals surface area (Å²) in [7, 11) is -2.84. The zero-order chi connectivity index (χ0) is 15.5. The summed E-state index contributed by atoms with van der Waals surface area (Å²) in [5.74, 6) is 0.407. The highest BCUT2D eigenvalue weighted by Crippen LogP contribution is 2.21. The lowest BCUT2D eigenvalue weighted by Crippen LogP contribution is -2.32. The van der Waals surface area contributed by atoms with E-state index in [1.54, 1.807) is 0 Å². The number of amides is 1. The highest BCUT2D eigenvalue weighted by Gasteiger charge is 2.23. The third kappa shape index (κ3) is 4.74. The van der Waals surface area contributed by atoms with Crippen molar-refractivity contribution in [3.05, 3.63) is 24.3 Å². The summed E-state index contributed by atoms with van der Waals surface area (Å²) in [5.41, 5.74) is 1.66. The molecule has 116 valence electrons. The number of carbonyl (C=O) groups is 1. The Bertz CT molecular complexity index is 597. The van der Waals surface area contributed by atoms with E-state index in [2.05, 4.69) is 10.6 Å². The van der Waals surface area contributed by atoms with Crippen LogP contribution in [0.1, 0.15) is 26.7 Å². The van der Waals surface area contributed by atoms with Crippen LogP contribution < -0.4 is 10.6 Å². The highest BCUT2D eigenvalue weighted by molar-refractivity contribution is 7.91. The Morgan fingerprint density at radius 1 is 1.19 bits per heavy atom. The number of carbonyl (C=O) groups excluding carboxylic acids is 1. The van der Waals surface area contributed by atoms with Gasteiger partial charge in [-0.05, 0) is 31.0 Å². The Morgan fingerprint density at radius 2 is 1.81 bits per heavy atom. The molecule has 0 radical (unpaired) electrons. The maximum Gasteiger partial charge on any atom is 0.226 e. The predicted octanol–water partition coefficient (Wildman–Crippen LogP) is 2.27. The molecular formula is C15H22N2O3S. The standard InChI is InChI=1S/C15H22N2O3S/c1-11(2)15(18)17-14-5-3-4-13(10-14)16-12-6-8-21(19,20)9-7-12/h3-5,10-12,16H,6-9H2,1-2H3,(H,17,18). The van der Waals surface area contributed by atoms with Crippen molar-refractivity contribution in [2.75, 3.05) is 22.1 Å². The molecule has 0 atom stereocenters. The number of benzene rings is 1. The zero-order valence-electron chi connectivity index (χ0n) is 12.4. The quantitative estimate of drug-likeness (QED) is 0.894. The van der Waals surface area contributed by atoms with E-state index in [0.717, 1.165) is 11.4 Å². The number of sulfone groups is 1. The van der Waals surface area contributed by atoms with Gasteiger partial charge in [0.05, 0.1) is 11.5 Å². The van der Waals surface area contributed by atoms with Crippen LogP contribution in [0.4, 0.5) is 11.4 Å². The Morgan fingerprint density at radius 3 is 2.43 bits per heavy atom. The summed E-state index contributed by atoms with van der Waals surface area (Å²) in [4.78, 5) is 11.7. The summed E-state index contributed by atoms with van der Waals surface area (Å²) >= 11 is 0. The van der Waals surface area contributed by atoms with Crippen molar-refractivity contribution in [1.29, 1.82) is 0 Å². The van der Waals surface area contributed by atoms with E-state index in [9.17, 15) is 13.2 Å². The predicted molar refractivity (Wildman–Crippen MR) is 85.2 cm³/mol. The van der Waals surface area contributed by atoms with Crippen molar-refractivity contribution in [3.8, 4) is 0 Å². The van der Waals surface area contributed by atoms with E-state index < -0.39 is 9.84 Å². The van der Waals surface area contributed by atoms with Crippen molar-refractivity contribution < 1.29 is 13.2 Å². The fourth-order valence-corrected chi connectivity index (χ4v) is 3.73. The van der Waals surface area contributed by atoms with Crippen LogP contribution in [-0.2, 0) is 14.6 Å². The summed E-state index contributed by atoms with van der Waals surface area (Å²) in [6.45, 7) is 3.69. The molecule has 0 aromatic heterocycles. The largest absolute Gasteiger partial charge is 0.382 e.